The maximum Gasteiger partial charge on any atom is 0.375 e. The van der Waals surface area contributed by atoms with Crippen LogP contribution in [-0.2, 0) is 19.4 Å². The Hall–Kier alpha value is -2.67. The molecule has 0 amide bonds. The van der Waals surface area contributed by atoms with Gasteiger partial charge in [-0.3, -0.25) is 0 Å². The highest BCUT2D eigenvalue weighted by Crippen LogP contribution is 2.40. The smallest absolute Gasteiger partial charge is 0.375 e. The number of cyclic esters (lactones) is 1. The number of aryl methyl sites for hydroxylation is 1. The number of nitrogens with zero attached hydrogens (tertiary/aromatic N) is 1. The molecule has 7 heteroatoms. The third-order valence-corrected chi connectivity index (χ3v) is 5.15. The van der Waals surface area contributed by atoms with E-state index in [2.05, 4.69) is 4.98 Å². The molecule has 6 nitrogen and oxygen atoms in total. The van der Waals surface area contributed by atoms with Crippen molar-refractivity contribution in [1.29, 1.82) is 0 Å². The number of aromatic nitrogens is 1. The van der Waals surface area contributed by atoms with Crippen molar-refractivity contribution in [2.45, 2.75) is 31.3 Å². The molecule has 0 bridgehead atoms. The van der Waals surface area contributed by atoms with Crippen molar-refractivity contribution in [1.82, 2.24) is 4.98 Å². The summed E-state index contributed by atoms with van der Waals surface area (Å²) in [6, 6.07) is 9.78. The van der Waals surface area contributed by atoms with E-state index in [-0.39, 0.29) is 16.5 Å². The first-order valence-electron chi connectivity index (χ1n) is 7.97. The highest BCUT2D eigenvalue weighted by Gasteiger charge is 2.43. The highest BCUT2D eigenvalue weighted by molar-refractivity contribution is 7.90. The lowest BCUT2D eigenvalue weighted by molar-refractivity contribution is -0.145. The molecule has 2 aromatic rings. The molecule has 0 saturated carbocycles. The minimum Gasteiger partial charge on any atom is -0.449 e. The molecule has 1 aliphatic rings. The topological polar surface area (TPSA) is 82.6 Å². The van der Waals surface area contributed by atoms with Crippen molar-refractivity contribution >= 4 is 21.4 Å². The number of carbonyl (C=O) groups is 1. The summed E-state index contributed by atoms with van der Waals surface area (Å²) >= 11 is 0. The van der Waals surface area contributed by atoms with Gasteiger partial charge in [-0.15, -0.1) is 0 Å². The molecule has 26 heavy (non-hydrogen) atoms. The Bertz CT molecular complexity index is 987. The summed E-state index contributed by atoms with van der Waals surface area (Å²) in [6.07, 6.45) is 2.78. The first kappa shape index (κ1) is 18.1. The van der Waals surface area contributed by atoms with Gasteiger partial charge >= 0.3 is 5.97 Å². The second kappa shape index (κ2) is 6.25. The third kappa shape index (κ3) is 3.48. The van der Waals surface area contributed by atoms with E-state index in [4.69, 9.17) is 9.47 Å². The fourth-order valence-corrected chi connectivity index (χ4v) is 3.39. The van der Waals surface area contributed by atoms with Crippen LogP contribution in [0.15, 0.2) is 53.2 Å². The Balaban J connectivity index is 2.07. The van der Waals surface area contributed by atoms with Crippen molar-refractivity contribution in [2.75, 3.05) is 6.26 Å². The molecular formula is C19H19NO5S. The summed E-state index contributed by atoms with van der Waals surface area (Å²) in [5.74, 6) is -0.247. The molecule has 1 aromatic carbocycles. The van der Waals surface area contributed by atoms with Gasteiger partial charge < -0.3 is 9.47 Å². The van der Waals surface area contributed by atoms with Crippen molar-refractivity contribution in [3.63, 3.8) is 0 Å². The van der Waals surface area contributed by atoms with Crippen LogP contribution in [0.3, 0.4) is 0 Å². The van der Waals surface area contributed by atoms with Crippen molar-refractivity contribution in [2.24, 2.45) is 0 Å². The fraction of sp³-hybridized carbons (Fsp3) is 0.263. The number of benzene rings is 1. The number of ether oxygens (including phenoxy) is 2. The first-order valence-corrected chi connectivity index (χ1v) is 9.86. The summed E-state index contributed by atoms with van der Waals surface area (Å²) < 4.78 is 34.5. The van der Waals surface area contributed by atoms with Crippen molar-refractivity contribution in [3.8, 4) is 5.88 Å². The van der Waals surface area contributed by atoms with Crippen LogP contribution in [0, 0.1) is 6.92 Å². The molecule has 0 saturated heterocycles. The van der Waals surface area contributed by atoms with E-state index in [1.165, 1.54) is 12.1 Å². The number of hydrogen-bond acceptors (Lipinski definition) is 6. The van der Waals surface area contributed by atoms with Crippen LogP contribution in [0.5, 0.6) is 5.88 Å². The van der Waals surface area contributed by atoms with Crippen LogP contribution in [0.4, 0.5) is 0 Å². The van der Waals surface area contributed by atoms with Gasteiger partial charge in [0.1, 0.15) is 5.60 Å². The van der Waals surface area contributed by atoms with Crippen LogP contribution < -0.4 is 4.74 Å². The molecule has 136 valence electrons. The second-order valence-corrected chi connectivity index (χ2v) is 8.69. The van der Waals surface area contributed by atoms with E-state index < -0.39 is 21.4 Å². The summed E-state index contributed by atoms with van der Waals surface area (Å²) in [5.41, 5.74) is 1.25. The lowest BCUT2D eigenvalue weighted by Gasteiger charge is -2.21. The molecule has 3 rings (SSSR count). The SMILES string of the molecule is Cc1ccc(OC2=C(c3ccc(S(C)(=O)=O)cc3)C(C)(C)OC2=O)nc1. The van der Waals surface area contributed by atoms with E-state index in [0.717, 1.165) is 11.8 Å². The molecule has 2 heterocycles. The first-order chi connectivity index (χ1) is 12.1. The molecule has 1 aromatic heterocycles. The monoisotopic (exact) mass is 373 g/mol. The van der Waals surface area contributed by atoms with Crippen LogP contribution >= 0.6 is 0 Å². The zero-order chi connectivity index (χ0) is 19.1. The van der Waals surface area contributed by atoms with Gasteiger partial charge in [0.05, 0.1) is 10.5 Å². The number of rotatable bonds is 4. The van der Waals surface area contributed by atoms with E-state index in [9.17, 15) is 13.2 Å². The van der Waals surface area contributed by atoms with Gasteiger partial charge in [-0.25, -0.2) is 18.2 Å². The Morgan fingerprint density at radius 2 is 1.73 bits per heavy atom. The number of esters is 1. The predicted molar refractivity (Wildman–Crippen MR) is 96.2 cm³/mol. The predicted octanol–water partition coefficient (Wildman–Crippen LogP) is 2.92. The highest BCUT2D eigenvalue weighted by atomic mass is 32.2. The fourth-order valence-electron chi connectivity index (χ4n) is 2.76. The van der Waals surface area contributed by atoms with Crippen molar-refractivity contribution in [3.05, 3.63) is 59.5 Å². The normalized spacial score (nSPS) is 16.5. The molecule has 0 N–H and O–H groups in total. The van der Waals surface area contributed by atoms with Crippen LogP contribution in [0.2, 0.25) is 0 Å². The summed E-state index contributed by atoms with van der Waals surface area (Å²) in [5, 5.41) is 0. The zero-order valence-corrected chi connectivity index (χ0v) is 15.8. The van der Waals surface area contributed by atoms with Gasteiger partial charge in [0, 0.05) is 18.5 Å². The van der Waals surface area contributed by atoms with Crippen LogP contribution in [0.1, 0.15) is 25.0 Å². The maximum atomic E-state index is 12.3. The minimum atomic E-state index is -3.30. The summed E-state index contributed by atoms with van der Waals surface area (Å²) in [7, 11) is -3.30. The average Bonchev–Trinajstić information content (AvgIpc) is 2.77. The second-order valence-electron chi connectivity index (χ2n) is 6.68. The largest absolute Gasteiger partial charge is 0.449 e. The van der Waals surface area contributed by atoms with Crippen molar-refractivity contribution < 1.29 is 22.7 Å². The van der Waals surface area contributed by atoms with E-state index >= 15 is 0 Å². The lowest BCUT2D eigenvalue weighted by Crippen LogP contribution is -2.22. The van der Waals surface area contributed by atoms with Gasteiger partial charge in [0.2, 0.25) is 11.6 Å². The maximum absolute atomic E-state index is 12.3. The van der Waals surface area contributed by atoms with Gasteiger partial charge in [-0.05, 0) is 44.0 Å². The number of hydrogen-bond donors (Lipinski definition) is 0. The number of carbonyl (C=O) groups excluding carboxylic acids is 1. The van der Waals surface area contributed by atoms with Crippen LogP contribution in [-0.4, -0.2) is 31.2 Å². The molecule has 0 atom stereocenters. The number of pyridine rings is 1. The Kier molecular flexibility index (Phi) is 4.36. The minimum absolute atomic E-state index is 0.0541. The van der Waals surface area contributed by atoms with E-state index in [0.29, 0.717) is 11.1 Å². The van der Waals surface area contributed by atoms with Gasteiger partial charge in [-0.2, -0.15) is 0 Å². The zero-order valence-electron chi connectivity index (χ0n) is 14.9. The van der Waals surface area contributed by atoms with E-state index in [1.54, 1.807) is 38.2 Å². The third-order valence-electron chi connectivity index (χ3n) is 4.02. The Morgan fingerprint density at radius 1 is 1.08 bits per heavy atom. The standard InChI is InChI=1S/C19H19NO5S/c1-12-5-10-15(20-11-12)24-17-16(19(2,3)25-18(17)21)13-6-8-14(9-7-13)26(4,22)23/h5-11H,1-4H3. The van der Waals surface area contributed by atoms with Gasteiger partial charge in [0.15, 0.2) is 9.84 Å². The lowest BCUT2D eigenvalue weighted by atomic mass is 9.92. The van der Waals surface area contributed by atoms with Crippen LogP contribution in [0.25, 0.3) is 5.57 Å². The van der Waals surface area contributed by atoms with Gasteiger partial charge in [0.25, 0.3) is 0 Å². The Morgan fingerprint density at radius 3 is 2.27 bits per heavy atom. The Labute approximate surface area is 152 Å². The van der Waals surface area contributed by atoms with E-state index in [1.807, 2.05) is 13.0 Å². The molecule has 0 radical (unpaired) electrons. The molecule has 0 spiro atoms. The molecule has 1 aliphatic heterocycles. The van der Waals surface area contributed by atoms with Gasteiger partial charge in [-0.1, -0.05) is 18.2 Å². The average molecular weight is 373 g/mol. The summed E-state index contributed by atoms with van der Waals surface area (Å²) in [4.78, 5) is 16.7. The number of sulfone groups is 1. The quantitative estimate of drug-likeness (QED) is 0.767. The molecule has 0 aliphatic carbocycles. The summed E-state index contributed by atoms with van der Waals surface area (Å²) in [6.45, 7) is 5.41. The molecule has 0 fully saturated rings. The molecular weight excluding hydrogens is 354 g/mol. The molecule has 0 unspecified atom stereocenters.